The van der Waals surface area contributed by atoms with Crippen LogP contribution in [0.4, 0.5) is 5.69 Å². The van der Waals surface area contributed by atoms with Crippen molar-refractivity contribution in [3.05, 3.63) is 77.0 Å². The molecule has 1 fully saturated rings. The minimum atomic E-state index is 0.0108. The van der Waals surface area contributed by atoms with Gasteiger partial charge in [-0.3, -0.25) is 9.69 Å². The van der Waals surface area contributed by atoms with Crippen molar-refractivity contribution in [1.29, 1.82) is 0 Å². The summed E-state index contributed by atoms with van der Waals surface area (Å²) in [7, 11) is 0. The summed E-state index contributed by atoms with van der Waals surface area (Å²) in [6.45, 7) is 8.55. The molecule has 0 radical (unpaired) electrons. The average molecular weight is 482 g/mol. The molecule has 2 aromatic carbocycles. The van der Waals surface area contributed by atoms with Gasteiger partial charge in [-0.25, -0.2) is 9.98 Å². The molecule has 36 heavy (non-hydrogen) atoms. The molecular formula is C30H35N5O. The molecule has 3 aliphatic heterocycles. The number of anilines is 1. The summed E-state index contributed by atoms with van der Waals surface area (Å²) in [6.07, 6.45) is 7.28. The van der Waals surface area contributed by atoms with E-state index in [4.69, 9.17) is 4.99 Å². The van der Waals surface area contributed by atoms with Crippen molar-refractivity contribution in [3.63, 3.8) is 0 Å². The molecule has 0 aromatic heterocycles. The number of carbonyl (C=O) groups excluding carboxylic acids is 1. The predicted octanol–water partition coefficient (Wildman–Crippen LogP) is 4.66. The van der Waals surface area contributed by atoms with Gasteiger partial charge in [0, 0.05) is 43.4 Å². The highest BCUT2D eigenvalue weighted by Crippen LogP contribution is 2.50. The molecule has 4 aliphatic rings. The Morgan fingerprint density at radius 2 is 1.92 bits per heavy atom. The van der Waals surface area contributed by atoms with Crippen LogP contribution in [0.2, 0.25) is 0 Å². The third-order valence-corrected chi connectivity index (χ3v) is 8.54. The smallest absolute Gasteiger partial charge is 0.217 e. The molecule has 2 atom stereocenters. The van der Waals surface area contributed by atoms with Crippen molar-refractivity contribution >= 4 is 23.8 Å². The van der Waals surface area contributed by atoms with Crippen LogP contribution >= 0.6 is 0 Å². The van der Waals surface area contributed by atoms with Crippen molar-refractivity contribution in [2.75, 3.05) is 24.5 Å². The van der Waals surface area contributed by atoms with Crippen molar-refractivity contribution < 1.29 is 4.79 Å². The number of rotatable bonds is 4. The molecule has 3 heterocycles. The molecule has 0 bridgehead atoms. The lowest BCUT2D eigenvalue weighted by Crippen LogP contribution is -2.47. The van der Waals surface area contributed by atoms with Crippen LogP contribution in [0.25, 0.3) is 0 Å². The lowest BCUT2D eigenvalue weighted by Gasteiger charge is -2.41. The molecule has 0 saturated carbocycles. The number of aliphatic imine (C=N–C) groups is 2. The Balaban J connectivity index is 1.33. The SMILES string of the molecule is CC(=O)NCc1cccc2c1C1(CCN(Cc3ccccc3)CC1)CN2C1=NC=NC2=CC[C@@H](C)C21. The van der Waals surface area contributed by atoms with E-state index in [1.54, 1.807) is 13.3 Å². The van der Waals surface area contributed by atoms with Gasteiger partial charge in [0.25, 0.3) is 0 Å². The minimum Gasteiger partial charge on any atom is -0.352 e. The maximum Gasteiger partial charge on any atom is 0.217 e. The molecule has 1 spiro atoms. The van der Waals surface area contributed by atoms with Crippen LogP contribution in [0.15, 0.2) is 70.3 Å². The van der Waals surface area contributed by atoms with E-state index in [1.807, 2.05) is 0 Å². The van der Waals surface area contributed by atoms with Crippen molar-refractivity contribution in [2.45, 2.75) is 51.6 Å². The maximum atomic E-state index is 11.8. The summed E-state index contributed by atoms with van der Waals surface area (Å²) in [5, 5.41) is 3.07. The van der Waals surface area contributed by atoms with Crippen molar-refractivity contribution in [2.24, 2.45) is 21.8 Å². The van der Waals surface area contributed by atoms with Crippen LogP contribution in [0, 0.1) is 11.8 Å². The Morgan fingerprint density at radius 1 is 1.11 bits per heavy atom. The fourth-order valence-electron chi connectivity index (χ4n) is 6.70. The number of carbonyl (C=O) groups is 1. The highest BCUT2D eigenvalue weighted by Gasteiger charge is 2.49. The van der Waals surface area contributed by atoms with E-state index < -0.39 is 0 Å². The van der Waals surface area contributed by atoms with Crippen LogP contribution < -0.4 is 10.2 Å². The van der Waals surface area contributed by atoms with Crippen LogP contribution in [-0.2, 0) is 23.3 Å². The van der Waals surface area contributed by atoms with E-state index in [0.29, 0.717) is 12.5 Å². The van der Waals surface area contributed by atoms with E-state index in [1.165, 1.54) is 28.1 Å². The number of piperidine rings is 1. The highest BCUT2D eigenvalue weighted by atomic mass is 16.1. The van der Waals surface area contributed by atoms with Gasteiger partial charge in [-0.1, -0.05) is 55.5 Å². The number of hydrogen-bond donors (Lipinski definition) is 1. The third-order valence-electron chi connectivity index (χ3n) is 8.54. The molecule has 186 valence electrons. The van der Waals surface area contributed by atoms with E-state index in [0.717, 1.165) is 51.3 Å². The zero-order valence-electron chi connectivity index (χ0n) is 21.3. The molecule has 6 nitrogen and oxygen atoms in total. The second-order valence-electron chi connectivity index (χ2n) is 10.9. The molecule has 1 N–H and O–H groups in total. The summed E-state index contributed by atoms with van der Waals surface area (Å²) < 4.78 is 0. The second kappa shape index (κ2) is 9.32. The maximum absolute atomic E-state index is 11.8. The topological polar surface area (TPSA) is 60.3 Å². The number of hydrogen-bond acceptors (Lipinski definition) is 5. The average Bonchev–Trinajstić information content (AvgIpc) is 3.43. The second-order valence-corrected chi connectivity index (χ2v) is 10.9. The molecule has 1 aliphatic carbocycles. The fraction of sp³-hybridized carbons (Fsp3) is 0.433. The summed E-state index contributed by atoms with van der Waals surface area (Å²) in [5.74, 6) is 1.92. The summed E-state index contributed by atoms with van der Waals surface area (Å²) in [4.78, 5) is 26.4. The number of fused-ring (bicyclic) bond motifs is 3. The van der Waals surface area contributed by atoms with Crippen LogP contribution in [-0.4, -0.2) is 42.6 Å². The van der Waals surface area contributed by atoms with Crippen LogP contribution in [0.1, 0.15) is 49.8 Å². The number of amides is 1. The van der Waals surface area contributed by atoms with Gasteiger partial charge in [-0.2, -0.15) is 0 Å². The van der Waals surface area contributed by atoms with Gasteiger partial charge < -0.3 is 10.2 Å². The first kappa shape index (κ1) is 23.2. The Hall–Kier alpha value is -3.25. The fourth-order valence-corrected chi connectivity index (χ4v) is 6.70. The van der Waals surface area contributed by atoms with Gasteiger partial charge >= 0.3 is 0 Å². The predicted molar refractivity (Wildman–Crippen MR) is 145 cm³/mol. The van der Waals surface area contributed by atoms with E-state index in [2.05, 4.69) is 81.6 Å². The summed E-state index contributed by atoms with van der Waals surface area (Å²) in [5.41, 5.74) is 6.52. The molecule has 6 rings (SSSR count). The Labute approximate surface area is 213 Å². The third kappa shape index (κ3) is 4.07. The number of benzene rings is 2. The monoisotopic (exact) mass is 481 g/mol. The van der Waals surface area contributed by atoms with Crippen LogP contribution in [0.3, 0.4) is 0 Å². The van der Waals surface area contributed by atoms with E-state index in [9.17, 15) is 4.79 Å². The van der Waals surface area contributed by atoms with Gasteiger partial charge in [0.2, 0.25) is 5.91 Å². The number of amidine groups is 1. The number of likely N-dealkylation sites (tertiary alicyclic amines) is 1. The first-order chi connectivity index (χ1) is 17.5. The number of nitrogens with one attached hydrogen (secondary N) is 1. The van der Waals surface area contributed by atoms with Crippen molar-refractivity contribution in [3.8, 4) is 0 Å². The molecule has 1 saturated heterocycles. The zero-order valence-corrected chi connectivity index (χ0v) is 21.3. The molecule has 1 amide bonds. The van der Waals surface area contributed by atoms with E-state index >= 15 is 0 Å². The standard InChI is InChI=1S/C30H35N5O/c1-21-11-12-25-27(21)29(33-20-32-25)35-19-30(28-24(17-31-22(2)36)9-6-10-26(28)35)13-15-34(16-14-30)18-23-7-4-3-5-8-23/h3-10,12,20-21,27H,11,13-19H2,1-2H3,(H,31,36)/t21-,27?/m1/s1. The molecular weight excluding hydrogens is 446 g/mol. The summed E-state index contributed by atoms with van der Waals surface area (Å²) in [6, 6.07) is 17.4. The van der Waals surface area contributed by atoms with Gasteiger partial charge in [-0.15, -0.1) is 0 Å². The van der Waals surface area contributed by atoms with Gasteiger partial charge in [0.15, 0.2) is 0 Å². The van der Waals surface area contributed by atoms with Gasteiger partial charge in [0.05, 0.1) is 5.92 Å². The number of allylic oxidation sites excluding steroid dienone is 1. The quantitative estimate of drug-likeness (QED) is 0.691. The van der Waals surface area contributed by atoms with Crippen LogP contribution in [0.5, 0.6) is 0 Å². The van der Waals surface area contributed by atoms with E-state index in [-0.39, 0.29) is 17.2 Å². The molecule has 6 heteroatoms. The van der Waals surface area contributed by atoms with Crippen molar-refractivity contribution in [1.82, 2.24) is 10.2 Å². The molecule has 1 unspecified atom stereocenters. The number of nitrogens with zero attached hydrogens (tertiary/aromatic N) is 4. The first-order valence-corrected chi connectivity index (χ1v) is 13.2. The Morgan fingerprint density at radius 3 is 2.69 bits per heavy atom. The Kier molecular flexibility index (Phi) is 6.00. The first-order valence-electron chi connectivity index (χ1n) is 13.2. The highest BCUT2D eigenvalue weighted by molar-refractivity contribution is 6.07. The zero-order chi connectivity index (χ0) is 24.7. The minimum absolute atomic E-state index is 0.0108. The Bertz CT molecular complexity index is 1240. The molecule has 2 aromatic rings. The lowest BCUT2D eigenvalue weighted by atomic mass is 9.72. The normalized spacial score (nSPS) is 24.3. The van der Waals surface area contributed by atoms with Gasteiger partial charge in [-0.05, 0) is 61.0 Å². The van der Waals surface area contributed by atoms with Gasteiger partial charge in [0.1, 0.15) is 12.2 Å². The summed E-state index contributed by atoms with van der Waals surface area (Å²) >= 11 is 0. The largest absolute Gasteiger partial charge is 0.352 e. The lowest BCUT2D eigenvalue weighted by molar-refractivity contribution is -0.119.